The summed E-state index contributed by atoms with van der Waals surface area (Å²) in [6.45, 7) is 14.7. The number of anilines is 2. The van der Waals surface area contributed by atoms with Crippen LogP contribution in [0, 0.1) is 0 Å². The van der Waals surface area contributed by atoms with E-state index in [9.17, 15) is 9.59 Å². The monoisotopic (exact) mass is 535 g/mol. The summed E-state index contributed by atoms with van der Waals surface area (Å²) in [5, 5.41) is 0. The molecule has 2 aromatic carbocycles. The first-order chi connectivity index (χ1) is 19.0. The molecule has 0 N–H and O–H groups in total. The van der Waals surface area contributed by atoms with Crippen molar-refractivity contribution in [2.75, 3.05) is 55.7 Å². The Balaban J connectivity index is 0.00000172. The first kappa shape index (κ1) is 29.0. The molecule has 2 saturated heterocycles. The highest BCUT2D eigenvalue weighted by Gasteiger charge is 2.32. The number of amides is 1. The molecule has 39 heavy (non-hydrogen) atoms. The predicted octanol–water partition coefficient (Wildman–Crippen LogP) is 4.36. The van der Waals surface area contributed by atoms with E-state index in [4.69, 9.17) is 14.1 Å². The molecule has 8 nitrogen and oxygen atoms in total. The fourth-order valence-corrected chi connectivity index (χ4v) is 5.28. The standard InChI is InChI=1S/C28H36BN3O5.C2H6/c1-21(33)4-10-26-19-32(28(34)37-26)24-8-6-23(7-9-24)31-15-13-30(14-16-31)12-3-17-35-25-11-5-22-20-36-29(2)27(22)18-25;1-2/h5-9,11,18,26H,3-4,10,12-17,19-20H2,1-2H3;1-2H3. The minimum Gasteiger partial charge on any atom is -0.494 e. The molecule has 0 aliphatic carbocycles. The second kappa shape index (κ2) is 13.9. The molecule has 5 rings (SSSR count). The topological polar surface area (TPSA) is 71.6 Å². The molecule has 0 aromatic heterocycles. The van der Waals surface area contributed by atoms with Crippen molar-refractivity contribution in [2.24, 2.45) is 0 Å². The number of benzene rings is 2. The van der Waals surface area contributed by atoms with Gasteiger partial charge in [0, 0.05) is 50.5 Å². The van der Waals surface area contributed by atoms with Crippen molar-refractivity contribution < 1.29 is 23.7 Å². The average molecular weight is 535 g/mol. The van der Waals surface area contributed by atoms with Crippen molar-refractivity contribution in [1.29, 1.82) is 0 Å². The number of hydrogen-bond acceptors (Lipinski definition) is 7. The zero-order chi connectivity index (χ0) is 27.8. The smallest absolute Gasteiger partial charge is 0.414 e. The molecule has 0 radical (unpaired) electrons. The minimum absolute atomic E-state index is 0.118. The van der Waals surface area contributed by atoms with Crippen LogP contribution in [0.15, 0.2) is 42.5 Å². The molecule has 1 atom stereocenters. The van der Waals surface area contributed by atoms with Gasteiger partial charge in [-0.3, -0.25) is 9.80 Å². The zero-order valence-corrected chi connectivity index (χ0v) is 23.9. The predicted molar refractivity (Wildman–Crippen MR) is 157 cm³/mol. The Bertz CT molecular complexity index is 1100. The molecular formula is C30H42BN3O5. The molecule has 210 valence electrons. The number of carbonyl (C=O) groups is 2. The quantitative estimate of drug-likeness (QED) is 0.331. The number of rotatable bonds is 10. The first-order valence-electron chi connectivity index (χ1n) is 14.4. The third-order valence-corrected chi connectivity index (χ3v) is 7.52. The Morgan fingerprint density at radius 3 is 2.49 bits per heavy atom. The van der Waals surface area contributed by atoms with Crippen molar-refractivity contribution in [2.45, 2.75) is 59.6 Å². The molecule has 2 aromatic rings. The maximum absolute atomic E-state index is 12.3. The molecule has 3 aliphatic rings. The average Bonchev–Trinajstić information content (AvgIpc) is 3.53. The largest absolute Gasteiger partial charge is 0.494 e. The zero-order valence-electron chi connectivity index (χ0n) is 23.9. The number of fused-ring (bicyclic) bond motifs is 1. The molecule has 9 heteroatoms. The maximum Gasteiger partial charge on any atom is 0.414 e. The third kappa shape index (κ3) is 7.54. The highest BCUT2D eigenvalue weighted by molar-refractivity contribution is 6.67. The van der Waals surface area contributed by atoms with E-state index in [2.05, 4.69) is 40.9 Å². The van der Waals surface area contributed by atoms with Gasteiger partial charge in [0.2, 0.25) is 0 Å². The molecule has 2 fully saturated rings. The molecule has 0 bridgehead atoms. The molecule has 1 unspecified atom stereocenters. The summed E-state index contributed by atoms with van der Waals surface area (Å²) < 4.78 is 17.1. The lowest BCUT2D eigenvalue weighted by atomic mass is 9.64. The Morgan fingerprint density at radius 2 is 1.77 bits per heavy atom. The minimum atomic E-state index is -0.335. The van der Waals surface area contributed by atoms with E-state index in [1.165, 1.54) is 16.7 Å². The van der Waals surface area contributed by atoms with Gasteiger partial charge < -0.3 is 23.8 Å². The van der Waals surface area contributed by atoms with Crippen molar-refractivity contribution in [1.82, 2.24) is 4.90 Å². The lowest BCUT2D eigenvalue weighted by Crippen LogP contribution is -2.46. The highest BCUT2D eigenvalue weighted by atomic mass is 16.6. The van der Waals surface area contributed by atoms with Crippen LogP contribution in [0.3, 0.4) is 0 Å². The number of piperazine rings is 1. The van der Waals surface area contributed by atoms with Gasteiger partial charge in [-0.25, -0.2) is 4.79 Å². The van der Waals surface area contributed by atoms with Crippen LogP contribution in [0.25, 0.3) is 0 Å². The Kier molecular flexibility index (Phi) is 10.3. The maximum atomic E-state index is 12.3. The number of Topliss-reactive ketones (excluding diaryl/α,β-unsaturated/α-hetero) is 1. The van der Waals surface area contributed by atoms with Crippen LogP contribution in [0.5, 0.6) is 5.75 Å². The van der Waals surface area contributed by atoms with E-state index >= 15 is 0 Å². The van der Waals surface area contributed by atoms with Crippen LogP contribution in [-0.4, -0.2) is 75.7 Å². The normalized spacial score (nSPS) is 18.9. The van der Waals surface area contributed by atoms with Crippen LogP contribution >= 0.6 is 0 Å². The van der Waals surface area contributed by atoms with Gasteiger partial charge >= 0.3 is 13.0 Å². The van der Waals surface area contributed by atoms with E-state index in [0.717, 1.165) is 50.6 Å². The van der Waals surface area contributed by atoms with Gasteiger partial charge in [-0.2, -0.15) is 0 Å². The third-order valence-electron chi connectivity index (χ3n) is 7.52. The molecule has 0 saturated carbocycles. The second-order valence-electron chi connectivity index (χ2n) is 10.2. The SMILES string of the molecule is CB1OCc2ccc(OCCCN3CCN(c4ccc(N5CC(CCC(C)=O)OC5=O)cc4)CC3)cc21.CC. The summed E-state index contributed by atoms with van der Waals surface area (Å²) in [5.41, 5.74) is 4.52. The van der Waals surface area contributed by atoms with Gasteiger partial charge in [-0.1, -0.05) is 26.7 Å². The van der Waals surface area contributed by atoms with E-state index in [1.54, 1.807) is 11.8 Å². The van der Waals surface area contributed by atoms with Crippen LogP contribution in [0.4, 0.5) is 16.2 Å². The lowest BCUT2D eigenvalue weighted by molar-refractivity contribution is -0.117. The number of hydrogen-bond donors (Lipinski definition) is 0. The highest BCUT2D eigenvalue weighted by Crippen LogP contribution is 2.27. The summed E-state index contributed by atoms with van der Waals surface area (Å²) in [5.74, 6) is 1.05. The van der Waals surface area contributed by atoms with E-state index in [1.807, 2.05) is 32.0 Å². The molecule has 0 spiro atoms. The molecule has 3 aliphatic heterocycles. The number of carbonyl (C=O) groups excluding carboxylic acids is 2. The number of ether oxygens (including phenoxy) is 2. The van der Waals surface area contributed by atoms with Crippen molar-refractivity contribution in [3.63, 3.8) is 0 Å². The van der Waals surface area contributed by atoms with Gasteiger partial charge in [-0.05, 0) is 67.2 Å². The van der Waals surface area contributed by atoms with Gasteiger partial charge in [0.1, 0.15) is 17.6 Å². The number of cyclic esters (lactones) is 1. The van der Waals surface area contributed by atoms with Crippen molar-refractivity contribution in [3.8, 4) is 5.75 Å². The first-order valence-corrected chi connectivity index (χ1v) is 14.4. The Hall–Kier alpha value is -3.04. The van der Waals surface area contributed by atoms with Gasteiger partial charge in [0.05, 0.1) is 19.8 Å². The number of nitrogens with zero attached hydrogens (tertiary/aromatic N) is 3. The summed E-state index contributed by atoms with van der Waals surface area (Å²) in [6, 6.07) is 14.4. The van der Waals surface area contributed by atoms with E-state index in [0.29, 0.717) is 32.6 Å². The second-order valence-corrected chi connectivity index (χ2v) is 10.2. The fourth-order valence-electron chi connectivity index (χ4n) is 5.28. The lowest BCUT2D eigenvalue weighted by Gasteiger charge is -2.36. The van der Waals surface area contributed by atoms with Crippen LogP contribution in [-0.2, 0) is 20.8 Å². The summed E-state index contributed by atoms with van der Waals surface area (Å²) >= 11 is 0. The molecular weight excluding hydrogens is 493 g/mol. The summed E-state index contributed by atoms with van der Waals surface area (Å²) in [4.78, 5) is 30.1. The van der Waals surface area contributed by atoms with E-state index < -0.39 is 0 Å². The van der Waals surface area contributed by atoms with Gasteiger partial charge in [-0.15, -0.1) is 0 Å². The fraction of sp³-hybridized carbons (Fsp3) is 0.533. The number of ketones is 1. The van der Waals surface area contributed by atoms with Gasteiger partial charge in [0.15, 0.2) is 0 Å². The Morgan fingerprint density at radius 1 is 1.05 bits per heavy atom. The summed E-state index contributed by atoms with van der Waals surface area (Å²) in [7, 11) is 0. The van der Waals surface area contributed by atoms with Crippen LogP contribution in [0.2, 0.25) is 6.82 Å². The van der Waals surface area contributed by atoms with Crippen molar-refractivity contribution in [3.05, 3.63) is 48.0 Å². The van der Waals surface area contributed by atoms with Crippen LogP contribution < -0.4 is 20.0 Å². The summed E-state index contributed by atoms with van der Waals surface area (Å²) in [6.07, 6.45) is 1.46. The van der Waals surface area contributed by atoms with Crippen LogP contribution in [0.1, 0.15) is 45.6 Å². The molecule has 1 amide bonds. The van der Waals surface area contributed by atoms with E-state index in [-0.39, 0.29) is 24.9 Å². The Labute approximate surface area is 233 Å². The van der Waals surface area contributed by atoms with Crippen molar-refractivity contribution >= 4 is 35.6 Å². The van der Waals surface area contributed by atoms with Gasteiger partial charge in [0.25, 0.3) is 0 Å². The molecule has 3 heterocycles.